The molecular formula is C14H11ClN8O5S3. The Balaban J connectivity index is 1.53. The summed E-state index contributed by atoms with van der Waals surface area (Å²) in [6.07, 6.45) is 1.35. The predicted octanol–water partition coefficient (Wildman–Crippen LogP) is 0.164. The highest BCUT2D eigenvalue weighted by atomic mass is 35.5. The van der Waals surface area contributed by atoms with Crippen LogP contribution in [0, 0.1) is 0 Å². The number of aromatic amines is 1. The van der Waals surface area contributed by atoms with Gasteiger partial charge in [-0.2, -0.15) is 0 Å². The van der Waals surface area contributed by atoms with E-state index in [1.165, 1.54) is 18.1 Å². The van der Waals surface area contributed by atoms with Gasteiger partial charge < -0.3 is 26.3 Å². The van der Waals surface area contributed by atoms with Crippen LogP contribution in [0.1, 0.15) is 5.69 Å². The molecule has 4 rings (SSSR count). The quantitative estimate of drug-likeness (QED) is 0.156. The number of thioether (sulfide) groups is 2. The number of carboxylic acid groups (broad SMARTS) is 1. The number of hydrogen-bond acceptors (Lipinski definition) is 12. The Bertz CT molecular complexity index is 1130. The molecule has 162 valence electrons. The molecule has 31 heavy (non-hydrogen) atoms. The van der Waals surface area contributed by atoms with Gasteiger partial charge in [0.05, 0.1) is 0 Å². The maximum absolute atomic E-state index is 12.7. The molecule has 17 heteroatoms. The molecule has 2 aliphatic rings. The van der Waals surface area contributed by atoms with Gasteiger partial charge >= 0.3 is 5.97 Å². The lowest BCUT2D eigenvalue weighted by Gasteiger charge is -2.49. The van der Waals surface area contributed by atoms with Crippen molar-refractivity contribution in [1.29, 1.82) is 0 Å². The fourth-order valence-electron chi connectivity index (χ4n) is 2.90. The van der Waals surface area contributed by atoms with Crippen LogP contribution < -0.4 is 11.1 Å². The molecule has 0 radical (unpaired) electrons. The highest BCUT2D eigenvalue weighted by molar-refractivity contribution is 8.06. The minimum absolute atomic E-state index is 0.0410. The number of hydrogen-bond donors (Lipinski definition) is 5. The summed E-state index contributed by atoms with van der Waals surface area (Å²) in [5.41, 5.74) is 4.72. The van der Waals surface area contributed by atoms with Crippen LogP contribution in [0.4, 0.5) is 5.13 Å². The SMILES string of the molecule is Nc1nc(/C(=N\O)C(=O)N[C@@H]2C(=O)N3C(C(=O)O)=C(Sc4nnc[nH]4)CSC23)c(Cl)s1. The van der Waals surface area contributed by atoms with Crippen LogP contribution >= 0.6 is 46.5 Å². The molecule has 1 unspecified atom stereocenters. The number of halogens is 1. The Morgan fingerprint density at radius 2 is 2.26 bits per heavy atom. The number of carbonyl (C=O) groups excluding carboxylic acids is 2. The number of carboxylic acids is 1. The number of fused-ring (bicyclic) bond motifs is 1. The van der Waals surface area contributed by atoms with E-state index in [0.717, 1.165) is 28.0 Å². The van der Waals surface area contributed by atoms with Gasteiger partial charge in [-0.15, -0.1) is 22.0 Å². The molecule has 2 atom stereocenters. The maximum Gasteiger partial charge on any atom is 0.353 e. The molecule has 6 N–H and O–H groups in total. The Morgan fingerprint density at radius 1 is 1.48 bits per heavy atom. The summed E-state index contributed by atoms with van der Waals surface area (Å²) in [6, 6.07) is -1.03. The Morgan fingerprint density at radius 3 is 2.84 bits per heavy atom. The van der Waals surface area contributed by atoms with E-state index in [1.54, 1.807) is 0 Å². The zero-order valence-electron chi connectivity index (χ0n) is 15.0. The van der Waals surface area contributed by atoms with Crippen LogP contribution in [0.5, 0.6) is 0 Å². The van der Waals surface area contributed by atoms with E-state index in [9.17, 15) is 24.7 Å². The van der Waals surface area contributed by atoms with E-state index >= 15 is 0 Å². The molecule has 0 aliphatic carbocycles. The van der Waals surface area contributed by atoms with E-state index in [0.29, 0.717) is 10.1 Å². The van der Waals surface area contributed by atoms with Crippen molar-refractivity contribution in [3.05, 3.63) is 27.0 Å². The van der Waals surface area contributed by atoms with Crippen LogP contribution in [0.2, 0.25) is 4.34 Å². The summed E-state index contributed by atoms with van der Waals surface area (Å²) < 4.78 is 0.0410. The van der Waals surface area contributed by atoms with Crippen molar-refractivity contribution in [2.75, 3.05) is 11.5 Å². The van der Waals surface area contributed by atoms with E-state index in [-0.39, 0.29) is 26.6 Å². The van der Waals surface area contributed by atoms with Gasteiger partial charge in [-0.25, -0.2) is 9.78 Å². The molecular weight excluding hydrogens is 492 g/mol. The number of amides is 2. The van der Waals surface area contributed by atoms with E-state index in [1.807, 2.05) is 0 Å². The average Bonchev–Trinajstić information content (AvgIpc) is 3.35. The topological polar surface area (TPSA) is 200 Å². The number of H-pyrrole nitrogens is 1. The van der Waals surface area contributed by atoms with Crippen LogP contribution in [0.25, 0.3) is 0 Å². The van der Waals surface area contributed by atoms with Crippen molar-refractivity contribution in [2.45, 2.75) is 16.6 Å². The first-order valence-corrected chi connectivity index (χ1v) is 11.3. The van der Waals surface area contributed by atoms with Crippen LogP contribution in [0.15, 0.2) is 27.2 Å². The van der Waals surface area contributed by atoms with Crippen molar-refractivity contribution >= 4 is 75.1 Å². The van der Waals surface area contributed by atoms with Crippen LogP contribution in [-0.4, -0.2) is 76.0 Å². The number of nitrogens with two attached hydrogens (primary N) is 1. The smallest absolute Gasteiger partial charge is 0.353 e. The molecule has 1 saturated heterocycles. The maximum atomic E-state index is 12.7. The third-order valence-electron chi connectivity index (χ3n) is 4.18. The predicted molar refractivity (Wildman–Crippen MR) is 112 cm³/mol. The largest absolute Gasteiger partial charge is 0.477 e. The van der Waals surface area contributed by atoms with Gasteiger partial charge in [-0.1, -0.05) is 39.9 Å². The fourth-order valence-corrected chi connectivity index (χ4v) is 6.18. The average molecular weight is 503 g/mol. The Hall–Kier alpha value is -2.82. The Kier molecular flexibility index (Phi) is 5.78. The lowest BCUT2D eigenvalue weighted by atomic mass is 10.0. The minimum atomic E-state index is -1.28. The standard InChI is InChI=1S/C14H11ClN8O5S3/c15-8-4(20-13(16)31-8)5(22-28)9(24)19-6-10(25)23-7(12(26)27)3(1-29-11(6)23)30-14-17-2-18-21-14/h2,6,11,28H,1H2,(H2,16,20)(H,19,24)(H,26,27)(H,17,18,21)/b22-5+/t6-,11?/m1/s1. The lowest BCUT2D eigenvalue weighted by Crippen LogP contribution is -2.71. The summed E-state index contributed by atoms with van der Waals surface area (Å²) in [4.78, 5) is 45.2. The third-order valence-corrected chi connectivity index (χ3v) is 7.70. The second kappa shape index (κ2) is 8.37. The number of aromatic nitrogens is 4. The molecule has 2 aromatic rings. The van der Waals surface area contributed by atoms with Gasteiger partial charge in [0, 0.05) is 10.7 Å². The Labute approximate surface area is 190 Å². The van der Waals surface area contributed by atoms with Crippen molar-refractivity contribution in [1.82, 2.24) is 30.4 Å². The number of nitrogens with one attached hydrogen (secondary N) is 2. The van der Waals surface area contributed by atoms with Gasteiger partial charge in [0.15, 0.2) is 16.0 Å². The molecule has 0 bridgehead atoms. The number of rotatable bonds is 6. The monoisotopic (exact) mass is 502 g/mol. The summed E-state index contributed by atoms with van der Waals surface area (Å²) in [7, 11) is 0. The van der Waals surface area contributed by atoms with Crippen molar-refractivity contribution in [3.63, 3.8) is 0 Å². The number of nitrogens with zero attached hydrogens (tertiary/aromatic N) is 5. The van der Waals surface area contributed by atoms with Crippen molar-refractivity contribution < 1.29 is 24.7 Å². The highest BCUT2D eigenvalue weighted by Crippen LogP contribution is 2.44. The molecule has 1 fully saturated rings. The normalized spacial score (nSPS) is 21.0. The highest BCUT2D eigenvalue weighted by Gasteiger charge is 2.54. The molecule has 0 saturated carbocycles. The van der Waals surface area contributed by atoms with Gasteiger partial charge in [0.25, 0.3) is 11.8 Å². The second-order valence-corrected chi connectivity index (χ2v) is 9.78. The lowest BCUT2D eigenvalue weighted by molar-refractivity contribution is -0.150. The molecule has 0 aromatic carbocycles. The van der Waals surface area contributed by atoms with Crippen molar-refractivity contribution in [3.8, 4) is 0 Å². The number of oxime groups is 1. The minimum Gasteiger partial charge on any atom is -0.477 e. The summed E-state index contributed by atoms with van der Waals surface area (Å²) in [5.74, 6) is -2.55. The first-order chi connectivity index (χ1) is 14.8. The van der Waals surface area contributed by atoms with Crippen LogP contribution in [-0.2, 0) is 14.4 Å². The van der Waals surface area contributed by atoms with Gasteiger partial charge in [-0.3, -0.25) is 14.5 Å². The molecule has 13 nitrogen and oxygen atoms in total. The van der Waals surface area contributed by atoms with Crippen LogP contribution in [0.3, 0.4) is 0 Å². The molecule has 2 aliphatic heterocycles. The zero-order valence-corrected chi connectivity index (χ0v) is 18.2. The summed E-state index contributed by atoms with van der Waals surface area (Å²) in [6.45, 7) is 0. The number of nitrogen functional groups attached to an aromatic ring is 1. The molecule has 2 amide bonds. The summed E-state index contributed by atoms with van der Waals surface area (Å²) in [5, 5.41) is 31.5. The van der Waals surface area contributed by atoms with Gasteiger partial charge in [-0.05, 0) is 0 Å². The van der Waals surface area contributed by atoms with E-state index < -0.39 is 34.9 Å². The molecule has 2 aromatic heterocycles. The number of aliphatic carboxylic acids is 1. The fraction of sp³-hybridized carbons (Fsp3) is 0.214. The number of β-lactam (4-membered cyclic amide) rings is 1. The zero-order chi connectivity index (χ0) is 22.3. The number of thiazole rings is 1. The number of carbonyl (C=O) groups is 3. The second-order valence-electron chi connectivity index (χ2n) is 5.96. The summed E-state index contributed by atoms with van der Waals surface area (Å²) >= 11 is 9.16. The molecule has 4 heterocycles. The van der Waals surface area contributed by atoms with Gasteiger partial charge in [0.1, 0.15) is 33.5 Å². The molecule has 0 spiro atoms. The first-order valence-electron chi connectivity index (χ1n) is 8.22. The van der Waals surface area contributed by atoms with E-state index in [4.69, 9.17) is 17.3 Å². The number of anilines is 1. The third kappa shape index (κ3) is 3.82. The van der Waals surface area contributed by atoms with Gasteiger partial charge in [0.2, 0.25) is 0 Å². The van der Waals surface area contributed by atoms with E-state index in [2.05, 4.69) is 30.6 Å². The first kappa shape index (κ1) is 21.4. The van der Waals surface area contributed by atoms with Crippen molar-refractivity contribution in [2.24, 2.45) is 5.16 Å².